The zero-order valence-electron chi connectivity index (χ0n) is 17.3. The van der Waals surface area contributed by atoms with E-state index in [1.807, 2.05) is 11.9 Å². The topological polar surface area (TPSA) is 86.7 Å². The van der Waals surface area contributed by atoms with E-state index in [2.05, 4.69) is 20.6 Å². The van der Waals surface area contributed by atoms with E-state index in [1.165, 1.54) is 18.3 Å². The van der Waals surface area contributed by atoms with Crippen molar-refractivity contribution in [2.24, 2.45) is 4.99 Å². The first-order chi connectivity index (χ1) is 15.4. The van der Waals surface area contributed by atoms with Crippen molar-refractivity contribution in [1.29, 1.82) is 0 Å². The summed E-state index contributed by atoms with van der Waals surface area (Å²) in [5, 5.41) is 5.26. The summed E-state index contributed by atoms with van der Waals surface area (Å²) in [6.45, 7) is 1.42. The summed E-state index contributed by atoms with van der Waals surface area (Å²) in [4.78, 5) is 35.8. The molecule has 2 aromatic carbocycles. The van der Waals surface area contributed by atoms with Gasteiger partial charge in [0.1, 0.15) is 25.3 Å². The fraction of sp³-hybridized carbons (Fsp3) is 0.130. The Balaban J connectivity index is 1.52. The molecule has 0 saturated heterocycles. The summed E-state index contributed by atoms with van der Waals surface area (Å²) in [7, 11) is 7.49. The molecule has 0 spiro atoms. The van der Waals surface area contributed by atoms with Crippen LogP contribution in [0.5, 0.6) is 0 Å². The number of aliphatic imine (C=N–C) groups is 1. The molecule has 0 aliphatic carbocycles. The van der Waals surface area contributed by atoms with Crippen molar-refractivity contribution in [3.63, 3.8) is 0 Å². The number of benzene rings is 2. The smallest absolute Gasteiger partial charge is 0.258 e. The van der Waals surface area contributed by atoms with Gasteiger partial charge in [-0.2, -0.15) is 0 Å². The number of carbonyl (C=O) groups is 2. The highest BCUT2D eigenvalue weighted by molar-refractivity contribution is 6.32. The molecule has 1 aromatic heterocycles. The average molecular weight is 427 g/mol. The number of nitrogens with one attached hydrogen (secondary N) is 2. The molecular formula is C23H19BFN5O2. The monoisotopic (exact) mass is 427 g/mol. The summed E-state index contributed by atoms with van der Waals surface area (Å²) in [6.07, 6.45) is 1.42. The molecule has 2 amide bonds. The van der Waals surface area contributed by atoms with Crippen molar-refractivity contribution in [3.05, 3.63) is 83.3 Å². The number of aromatic nitrogens is 1. The predicted molar refractivity (Wildman–Crippen MR) is 122 cm³/mol. The number of amidine groups is 1. The minimum absolute atomic E-state index is 0.134. The fourth-order valence-corrected chi connectivity index (χ4v) is 3.33. The van der Waals surface area contributed by atoms with Crippen LogP contribution in [0.2, 0.25) is 0 Å². The largest absolute Gasteiger partial charge is 0.358 e. The van der Waals surface area contributed by atoms with Gasteiger partial charge in [0.25, 0.3) is 11.8 Å². The van der Waals surface area contributed by atoms with Crippen molar-refractivity contribution in [1.82, 2.24) is 9.88 Å². The number of likely N-dealkylation sites (N-methyl/N-ethyl adjacent to an activating group) is 1. The first-order valence-electron chi connectivity index (χ1n) is 9.91. The van der Waals surface area contributed by atoms with Crippen LogP contribution in [0.1, 0.15) is 26.3 Å². The number of halogens is 1. The van der Waals surface area contributed by atoms with Crippen molar-refractivity contribution >= 4 is 42.5 Å². The Hall–Kier alpha value is -4.01. The fourth-order valence-electron chi connectivity index (χ4n) is 3.33. The standard InChI is InChI=1S/C23H19BFN5O2/c1-30-11-10-26-21(30)14-6-8-16(18(25)12-14)22(31)28-19-5-3-2-4-17(19)23(32)29-20-9-7-15(24)13-27-20/h2-9,12-13H,10-11H2,1H3,(H,28,31)(H,27,29,32). The summed E-state index contributed by atoms with van der Waals surface area (Å²) in [5.41, 5.74) is 1.39. The predicted octanol–water partition coefficient (Wildman–Crippen LogP) is 2.21. The van der Waals surface area contributed by atoms with Gasteiger partial charge in [0.05, 0.1) is 23.4 Å². The van der Waals surface area contributed by atoms with Crippen LogP contribution >= 0.6 is 0 Å². The van der Waals surface area contributed by atoms with Crippen LogP contribution in [0.3, 0.4) is 0 Å². The van der Waals surface area contributed by atoms with E-state index in [-0.39, 0.29) is 16.8 Å². The Morgan fingerprint density at radius 3 is 2.50 bits per heavy atom. The van der Waals surface area contributed by atoms with Crippen molar-refractivity contribution in [3.8, 4) is 0 Å². The number of pyridine rings is 1. The van der Waals surface area contributed by atoms with Crippen molar-refractivity contribution in [2.75, 3.05) is 30.8 Å². The SMILES string of the molecule is [B]c1ccc(NC(=O)c2ccccc2NC(=O)c2ccc(C3=NCCN3C)cc2F)nc1. The maximum absolute atomic E-state index is 14.7. The van der Waals surface area contributed by atoms with Crippen LogP contribution in [0.4, 0.5) is 15.9 Å². The van der Waals surface area contributed by atoms with E-state index in [9.17, 15) is 14.0 Å². The molecular weight excluding hydrogens is 408 g/mol. The molecule has 7 nitrogen and oxygen atoms in total. The molecule has 1 aliphatic rings. The average Bonchev–Trinajstić information content (AvgIpc) is 3.21. The minimum atomic E-state index is -0.670. The van der Waals surface area contributed by atoms with Crippen LogP contribution in [0.25, 0.3) is 0 Å². The molecule has 32 heavy (non-hydrogen) atoms. The molecule has 1 aliphatic heterocycles. The highest BCUT2D eigenvalue weighted by Crippen LogP contribution is 2.20. The zero-order valence-corrected chi connectivity index (χ0v) is 17.3. The number of nitrogens with zero attached hydrogens (tertiary/aromatic N) is 3. The van der Waals surface area contributed by atoms with E-state index in [1.54, 1.807) is 42.5 Å². The van der Waals surface area contributed by atoms with Crippen molar-refractivity contribution < 1.29 is 14.0 Å². The third-order valence-corrected chi connectivity index (χ3v) is 4.98. The Kier molecular flexibility index (Phi) is 5.98. The highest BCUT2D eigenvalue weighted by atomic mass is 19.1. The van der Waals surface area contributed by atoms with Crippen LogP contribution in [-0.4, -0.2) is 55.5 Å². The number of anilines is 2. The van der Waals surface area contributed by atoms with Gasteiger partial charge >= 0.3 is 0 Å². The summed E-state index contributed by atoms with van der Waals surface area (Å²) in [6, 6.07) is 14.0. The Morgan fingerprint density at radius 1 is 1.03 bits per heavy atom. The third kappa shape index (κ3) is 4.51. The van der Waals surface area contributed by atoms with E-state index in [4.69, 9.17) is 7.85 Å². The number of hydrogen-bond acceptors (Lipinski definition) is 5. The first-order valence-corrected chi connectivity index (χ1v) is 9.91. The number of rotatable bonds is 5. The van der Waals surface area contributed by atoms with Gasteiger partial charge in [-0.15, -0.1) is 0 Å². The van der Waals surface area contributed by atoms with Gasteiger partial charge in [0.15, 0.2) is 0 Å². The normalized spacial score (nSPS) is 12.9. The number of para-hydroxylation sites is 1. The van der Waals surface area contributed by atoms with Gasteiger partial charge in [0, 0.05) is 25.4 Å². The third-order valence-electron chi connectivity index (χ3n) is 4.98. The first kappa shape index (κ1) is 21.2. The molecule has 0 bridgehead atoms. The second-order valence-corrected chi connectivity index (χ2v) is 7.25. The lowest BCUT2D eigenvalue weighted by Gasteiger charge is -2.15. The lowest BCUT2D eigenvalue weighted by atomic mass is 9.99. The Morgan fingerprint density at radius 2 is 1.81 bits per heavy atom. The van der Waals surface area contributed by atoms with E-state index >= 15 is 0 Å². The second-order valence-electron chi connectivity index (χ2n) is 7.25. The van der Waals surface area contributed by atoms with E-state index in [0.29, 0.717) is 29.2 Å². The molecule has 2 N–H and O–H groups in total. The lowest BCUT2D eigenvalue weighted by molar-refractivity contribution is 0.102. The number of carbonyl (C=O) groups excluding carboxylic acids is 2. The molecule has 0 fully saturated rings. The van der Waals surface area contributed by atoms with Gasteiger partial charge in [-0.05, 0) is 30.3 Å². The van der Waals surface area contributed by atoms with Gasteiger partial charge in [-0.1, -0.05) is 29.7 Å². The van der Waals surface area contributed by atoms with Crippen LogP contribution in [0, 0.1) is 5.82 Å². The molecule has 9 heteroatoms. The molecule has 2 heterocycles. The lowest BCUT2D eigenvalue weighted by Crippen LogP contribution is -2.24. The van der Waals surface area contributed by atoms with Gasteiger partial charge in [0.2, 0.25) is 0 Å². The quantitative estimate of drug-likeness (QED) is 0.612. The molecule has 0 unspecified atom stereocenters. The molecule has 4 rings (SSSR count). The Labute approximate surface area is 185 Å². The zero-order chi connectivity index (χ0) is 22.7. The maximum Gasteiger partial charge on any atom is 0.258 e. The molecule has 3 aromatic rings. The van der Waals surface area contributed by atoms with Crippen LogP contribution in [-0.2, 0) is 0 Å². The second kappa shape index (κ2) is 9.01. The Bertz CT molecular complexity index is 1210. The van der Waals surface area contributed by atoms with Crippen molar-refractivity contribution in [2.45, 2.75) is 0 Å². The van der Waals surface area contributed by atoms with Gasteiger partial charge in [-0.25, -0.2) is 9.37 Å². The summed E-state index contributed by atoms with van der Waals surface area (Å²) < 4.78 is 14.7. The molecule has 158 valence electrons. The highest BCUT2D eigenvalue weighted by Gasteiger charge is 2.20. The van der Waals surface area contributed by atoms with E-state index in [0.717, 1.165) is 6.54 Å². The number of hydrogen-bond donors (Lipinski definition) is 2. The molecule has 2 radical (unpaired) electrons. The summed E-state index contributed by atoms with van der Waals surface area (Å²) in [5.74, 6) is -0.810. The van der Waals surface area contributed by atoms with Crippen LogP contribution in [0.15, 0.2) is 65.8 Å². The van der Waals surface area contributed by atoms with Gasteiger partial charge < -0.3 is 15.5 Å². The van der Waals surface area contributed by atoms with Gasteiger partial charge in [-0.3, -0.25) is 14.6 Å². The van der Waals surface area contributed by atoms with E-state index < -0.39 is 17.6 Å². The summed E-state index contributed by atoms with van der Waals surface area (Å²) >= 11 is 0. The molecule has 0 atom stereocenters. The van der Waals surface area contributed by atoms with Crippen LogP contribution < -0.4 is 16.1 Å². The minimum Gasteiger partial charge on any atom is -0.358 e. The molecule has 0 saturated carbocycles. The maximum atomic E-state index is 14.7. The number of amides is 2.